The maximum Gasteiger partial charge on any atom is 0.264 e. The molecule has 0 aliphatic heterocycles. The quantitative estimate of drug-likeness (QED) is 0.628. The maximum atomic E-state index is 13.6. The summed E-state index contributed by atoms with van der Waals surface area (Å²) >= 11 is 7.05. The number of rotatable bonds is 5. The Bertz CT molecular complexity index is 1070. The first-order valence-electron chi connectivity index (χ1n) is 8.51. The standard InChI is InChI=1S/C20H16ClF2N3O2S/c1-10-17(29-20(25-10)11-3-6-13(21)7-4-11)19(28)26-16(18(27)24-2)12-5-8-14(22)15(23)9-12/h3-9,16H,1-2H3,(H,24,27)(H,26,28). The molecule has 0 saturated heterocycles. The van der Waals surface area contributed by atoms with Crippen LogP contribution < -0.4 is 10.6 Å². The Hall–Kier alpha value is -2.84. The minimum Gasteiger partial charge on any atom is -0.357 e. The fraction of sp³-hybridized carbons (Fsp3) is 0.150. The van der Waals surface area contributed by atoms with Crippen LogP contribution in [0.25, 0.3) is 10.6 Å². The zero-order valence-electron chi connectivity index (χ0n) is 15.4. The van der Waals surface area contributed by atoms with Gasteiger partial charge in [-0.15, -0.1) is 11.3 Å². The Morgan fingerprint density at radius 1 is 1.10 bits per heavy atom. The van der Waals surface area contributed by atoms with Crippen LogP contribution in [-0.2, 0) is 4.79 Å². The number of benzene rings is 2. The lowest BCUT2D eigenvalue weighted by molar-refractivity contribution is -0.122. The number of thiazole rings is 1. The highest BCUT2D eigenvalue weighted by molar-refractivity contribution is 7.17. The van der Waals surface area contributed by atoms with E-state index >= 15 is 0 Å². The Morgan fingerprint density at radius 3 is 2.41 bits per heavy atom. The normalized spacial score (nSPS) is 11.8. The van der Waals surface area contributed by atoms with Crippen LogP contribution in [0.1, 0.15) is 27.0 Å². The number of hydrogen-bond donors (Lipinski definition) is 2. The SMILES string of the molecule is CNC(=O)C(NC(=O)c1sc(-c2ccc(Cl)cc2)nc1C)c1ccc(F)c(F)c1. The van der Waals surface area contributed by atoms with Crippen LogP contribution in [0, 0.1) is 18.6 Å². The van der Waals surface area contributed by atoms with E-state index in [4.69, 9.17) is 11.6 Å². The summed E-state index contributed by atoms with van der Waals surface area (Å²) in [6.45, 7) is 1.68. The topological polar surface area (TPSA) is 71.1 Å². The lowest BCUT2D eigenvalue weighted by atomic mass is 10.1. The minimum absolute atomic E-state index is 0.122. The van der Waals surface area contributed by atoms with Gasteiger partial charge in [-0.3, -0.25) is 9.59 Å². The summed E-state index contributed by atoms with van der Waals surface area (Å²) in [4.78, 5) is 29.8. The molecular formula is C20H16ClF2N3O2S. The molecular weight excluding hydrogens is 420 g/mol. The van der Waals surface area contributed by atoms with E-state index in [1.54, 1.807) is 31.2 Å². The third-order valence-electron chi connectivity index (χ3n) is 4.16. The van der Waals surface area contributed by atoms with E-state index in [1.807, 2.05) is 0 Å². The van der Waals surface area contributed by atoms with E-state index in [0.29, 0.717) is 20.6 Å². The highest BCUT2D eigenvalue weighted by Gasteiger charge is 2.26. The molecule has 1 heterocycles. The number of hydrogen-bond acceptors (Lipinski definition) is 4. The van der Waals surface area contributed by atoms with Gasteiger partial charge in [0.25, 0.3) is 5.91 Å². The van der Waals surface area contributed by atoms with Crippen molar-refractivity contribution in [2.24, 2.45) is 0 Å². The van der Waals surface area contributed by atoms with Gasteiger partial charge in [0.15, 0.2) is 11.6 Å². The first-order chi connectivity index (χ1) is 13.8. The van der Waals surface area contributed by atoms with Crippen molar-refractivity contribution in [3.63, 3.8) is 0 Å². The van der Waals surface area contributed by atoms with Crippen LogP contribution >= 0.6 is 22.9 Å². The van der Waals surface area contributed by atoms with E-state index in [0.717, 1.165) is 29.0 Å². The maximum absolute atomic E-state index is 13.6. The fourth-order valence-electron chi connectivity index (χ4n) is 2.66. The van der Waals surface area contributed by atoms with Crippen LogP contribution in [0.3, 0.4) is 0 Å². The molecule has 29 heavy (non-hydrogen) atoms. The van der Waals surface area contributed by atoms with Crippen molar-refractivity contribution in [3.8, 4) is 10.6 Å². The van der Waals surface area contributed by atoms with Crippen molar-refractivity contribution in [1.82, 2.24) is 15.6 Å². The van der Waals surface area contributed by atoms with Crippen molar-refractivity contribution >= 4 is 34.8 Å². The number of aryl methyl sites for hydroxylation is 1. The second-order valence-corrected chi connectivity index (χ2v) is 7.57. The van der Waals surface area contributed by atoms with Gasteiger partial charge in [-0.2, -0.15) is 0 Å². The molecule has 0 aliphatic carbocycles. The average Bonchev–Trinajstić information content (AvgIpc) is 3.10. The summed E-state index contributed by atoms with van der Waals surface area (Å²) in [5.74, 6) is -3.26. The van der Waals surface area contributed by atoms with Crippen LogP contribution in [0.5, 0.6) is 0 Å². The molecule has 1 atom stereocenters. The molecule has 0 spiro atoms. The Morgan fingerprint density at radius 2 is 1.79 bits per heavy atom. The molecule has 2 amide bonds. The van der Waals surface area contributed by atoms with E-state index in [2.05, 4.69) is 15.6 Å². The third kappa shape index (κ3) is 4.60. The third-order valence-corrected chi connectivity index (χ3v) is 5.61. The molecule has 2 aromatic carbocycles. The van der Waals surface area contributed by atoms with Crippen molar-refractivity contribution in [3.05, 3.63) is 75.3 Å². The van der Waals surface area contributed by atoms with Gasteiger partial charge in [0, 0.05) is 17.6 Å². The smallest absolute Gasteiger partial charge is 0.264 e. The second kappa shape index (κ2) is 8.67. The number of halogens is 3. The monoisotopic (exact) mass is 435 g/mol. The van der Waals surface area contributed by atoms with Gasteiger partial charge in [0.2, 0.25) is 5.91 Å². The highest BCUT2D eigenvalue weighted by Crippen LogP contribution is 2.29. The molecule has 9 heteroatoms. The molecule has 3 rings (SSSR count). The molecule has 0 aliphatic rings. The molecule has 150 valence electrons. The molecule has 0 radical (unpaired) electrons. The van der Waals surface area contributed by atoms with Crippen molar-refractivity contribution in [2.75, 3.05) is 7.05 Å². The first kappa shape index (κ1) is 20.9. The minimum atomic E-state index is -1.19. The van der Waals surface area contributed by atoms with Crippen molar-refractivity contribution in [2.45, 2.75) is 13.0 Å². The van der Waals surface area contributed by atoms with Gasteiger partial charge < -0.3 is 10.6 Å². The number of nitrogens with zero attached hydrogens (tertiary/aromatic N) is 1. The van der Waals surface area contributed by atoms with Gasteiger partial charge in [-0.25, -0.2) is 13.8 Å². The van der Waals surface area contributed by atoms with Gasteiger partial charge >= 0.3 is 0 Å². The summed E-state index contributed by atoms with van der Waals surface area (Å²) in [7, 11) is 1.39. The van der Waals surface area contributed by atoms with Crippen molar-refractivity contribution in [1.29, 1.82) is 0 Å². The summed E-state index contributed by atoms with van der Waals surface area (Å²) in [6.07, 6.45) is 0. The van der Waals surface area contributed by atoms with Crippen LogP contribution in [0.15, 0.2) is 42.5 Å². The van der Waals surface area contributed by atoms with E-state index in [9.17, 15) is 18.4 Å². The average molecular weight is 436 g/mol. The second-order valence-electron chi connectivity index (χ2n) is 6.13. The Balaban J connectivity index is 1.89. The molecule has 2 N–H and O–H groups in total. The zero-order chi connectivity index (χ0) is 21.1. The lowest BCUT2D eigenvalue weighted by Crippen LogP contribution is -2.39. The van der Waals surface area contributed by atoms with Gasteiger partial charge in [0.1, 0.15) is 15.9 Å². The van der Waals surface area contributed by atoms with Gasteiger partial charge in [-0.1, -0.05) is 29.8 Å². The lowest BCUT2D eigenvalue weighted by Gasteiger charge is -2.17. The van der Waals surface area contributed by atoms with E-state index in [-0.39, 0.29) is 5.56 Å². The van der Waals surface area contributed by atoms with E-state index < -0.39 is 29.5 Å². The summed E-state index contributed by atoms with van der Waals surface area (Å²) in [6, 6.07) is 8.86. The van der Waals surface area contributed by atoms with Crippen LogP contribution in [0.4, 0.5) is 8.78 Å². The molecule has 0 fully saturated rings. The predicted molar refractivity (Wildman–Crippen MR) is 108 cm³/mol. The molecule has 3 aromatic rings. The first-order valence-corrected chi connectivity index (χ1v) is 9.70. The highest BCUT2D eigenvalue weighted by atomic mass is 35.5. The number of nitrogens with one attached hydrogen (secondary N) is 2. The summed E-state index contributed by atoms with van der Waals surface area (Å²) < 4.78 is 26.9. The molecule has 1 unspecified atom stereocenters. The largest absolute Gasteiger partial charge is 0.357 e. The number of likely N-dealkylation sites (N-methyl/N-ethyl adjacent to an activating group) is 1. The molecule has 1 aromatic heterocycles. The number of aromatic nitrogens is 1. The fourth-order valence-corrected chi connectivity index (χ4v) is 3.76. The number of amides is 2. The number of carbonyl (C=O) groups excluding carboxylic acids is 2. The summed E-state index contributed by atoms with van der Waals surface area (Å²) in [5.41, 5.74) is 1.40. The molecule has 0 bridgehead atoms. The molecule has 5 nitrogen and oxygen atoms in total. The van der Waals surface area contributed by atoms with Crippen LogP contribution in [0.2, 0.25) is 5.02 Å². The van der Waals surface area contributed by atoms with Gasteiger partial charge in [0.05, 0.1) is 5.69 Å². The van der Waals surface area contributed by atoms with Crippen molar-refractivity contribution < 1.29 is 18.4 Å². The van der Waals surface area contributed by atoms with Gasteiger partial charge in [-0.05, 0) is 36.8 Å². The predicted octanol–water partition coefficient (Wildman–Crippen LogP) is 4.27. The Labute approximate surface area is 174 Å². The molecule has 0 saturated carbocycles. The summed E-state index contributed by atoms with van der Waals surface area (Å²) in [5, 5.41) is 6.18. The van der Waals surface area contributed by atoms with E-state index in [1.165, 1.54) is 13.1 Å². The van der Waals surface area contributed by atoms with Crippen LogP contribution in [-0.4, -0.2) is 23.8 Å². The number of carbonyl (C=O) groups is 2. The zero-order valence-corrected chi connectivity index (χ0v) is 17.0. The Kier molecular flexibility index (Phi) is 6.24.